The zero-order chi connectivity index (χ0) is 28.0. The number of aliphatic imine (C=N–C) groups is 1. The summed E-state index contributed by atoms with van der Waals surface area (Å²) in [5, 5.41) is 7.98. The van der Waals surface area contributed by atoms with Gasteiger partial charge in [-0.05, 0) is 80.0 Å². The molecule has 2 aromatic carbocycles. The molecule has 3 saturated carbocycles. The average molecular weight is 541 g/mol. The summed E-state index contributed by atoms with van der Waals surface area (Å²) in [5.74, 6) is 3.03. The summed E-state index contributed by atoms with van der Waals surface area (Å²) in [4.78, 5) is 25.8. The van der Waals surface area contributed by atoms with Crippen molar-refractivity contribution in [1.29, 1.82) is 0 Å². The second kappa shape index (κ2) is 10.7. The summed E-state index contributed by atoms with van der Waals surface area (Å²) in [6.45, 7) is 14.2. The van der Waals surface area contributed by atoms with Gasteiger partial charge in [0.1, 0.15) is 0 Å². The van der Waals surface area contributed by atoms with E-state index >= 15 is 0 Å². The molecular weight excluding hydrogens is 496 g/mol. The lowest BCUT2D eigenvalue weighted by Crippen LogP contribution is -2.59. The molecule has 2 N–H and O–H groups in total. The molecule has 0 radical (unpaired) electrons. The van der Waals surface area contributed by atoms with Crippen molar-refractivity contribution in [1.82, 2.24) is 19.8 Å². The van der Waals surface area contributed by atoms with Crippen LogP contribution >= 0.6 is 0 Å². The monoisotopic (exact) mass is 540 g/mol. The predicted molar refractivity (Wildman–Crippen MR) is 164 cm³/mol. The van der Waals surface area contributed by atoms with Crippen molar-refractivity contribution < 1.29 is 0 Å². The number of guanidine groups is 1. The highest BCUT2D eigenvalue weighted by atomic mass is 16.1. The maximum absolute atomic E-state index is 13.3. The summed E-state index contributed by atoms with van der Waals surface area (Å²) < 4.78 is 1.72. The van der Waals surface area contributed by atoms with E-state index in [0.717, 1.165) is 49.4 Å². The first kappa shape index (κ1) is 27.0. The van der Waals surface area contributed by atoms with Crippen LogP contribution in [0.1, 0.15) is 53.0 Å². The number of fused-ring (bicyclic) bond motifs is 3. The fourth-order valence-corrected chi connectivity index (χ4v) is 7.56. The van der Waals surface area contributed by atoms with E-state index in [1.54, 1.807) is 10.9 Å². The summed E-state index contributed by atoms with van der Waals surface area (Å²) in [5.41, 5.74) is 3.29. The molecule has 212 valence electrons. The number of piperazine rings is 1. The molecule has 1 aliphatic heterocycles. The fraction of sp³-hybridized carbons (Fsp3) is 0.545. The second-order valence-corrected chi connectivity index (χ2v) is 13.2. The predicted octanol–water partition coefficient (Wildman–Crippen LogP) is 5.16. The Morgan fingerprint density at radius 2 is 1.82 bits per heavy atom. The van der Waals surface area contributed by atoms with Crippen LogP contribution in [0.2, 0.25) is 0 Å². The maximum Gasteiger partial charge on any atom is 0.261 e. The molecule has 7 heteroatoms. The molecular formula is C33H44N6O. The number of rotatable bonds is 5. The normalized spacial score (nSPS) is 29.7. The molecule has 2 heterocycles. The third kappa shape index (κ3) is 5.16. The van der Waals surface area contributed by atoms with Crippen molar-refractivity contribution in [3.63, 3.8) is 0 Å². The van der Waals surface area contributed by atoms with Crippen molar-refractivity contribution in [2.24, 2.45) is 28.2 Å². The molecule has 0 spiro atoms. The van der Waals surface area contributed by atoms with Gasteiger partial charge in [-0.3, -0.25) is 9.36 Å². The third-order valence-corrected chi connectivity index (χ3v) is 10.0. The molecule has 1 saturated heterocycles. The second-order valence-electron chi connectivity index (χ2n) is 13.2. The van der Waals surface area contributed by atoms with Gasteiger partial charge in [0.25, 0.3) is 5.56 Å². The Labute approximate surface area is 238 Å². The number of nitrogens with one attached hydrogen (secondary N) is 2. The van der Waals surface area contributed by atoms with Gasteiger partial charge in [0.2, 0.25) is 0 Å². The topological polar surface area (TPSA) is 74.5 Å². The lowest BCUT2D eigenvalue weighted by Gasteiger charge is -2.61. The Balaban J connectivity index is 1.25. The van der Waals surface area contributed by atoms with Crippen LogP contribution in [0.3, 0.4) is 0 Å². The van der Waals surface area contributed by atoms with Gasteiger partial charge in [0.15, 0.2) is 5.96 Å². The summed E-state index contributed by atoms with van der Waals surface area (Å²) in [6.07, 6.45) is 5.00. The van der Waals surface area contributed by atoms with Crippen LogP contribution in [0.15, 0.2) is 64.6 Å². The van der Waals surface area contributed by atoms with E-state index in [1.165, 1.54) is 12.0 Å². The van der Waals surface area contributed by atoms with E-state index in [1.807, 2.05) is 36.4 Å². The number of aromatic nitrogens is 2. The minimum absolute atomic E-state index is 0.00370. The van der Waals surface area contributed by atoms with Crippen LogP contribution in [-0.4, -0.2) is 51.6 Å². The molecule has 4 fully saturated rings. The van der Waals surface area contributed by atoms with Crippen molar-refractivity contribution in [2.75, 3.05) is 18.4 Å². The SMILES string of the molecule is C[C@@H]1CN(C(=NC2C[C@@H]3C[C@H]([C@@H]2C)C3(C)C)Nc2ccc3c(=O)n(CCc4ccccc4)cnc3c2)C[C@H](C)N1. The Hall–Kier alpha value is -3.19. The van der Waals surface area contributed by atoms with Crippen LogP contribution in [0, 0.1) is 23.2 Å². The van der Waals surface area contributed by atoms with Gasteiger partial charge in [-0.25, -0.2) is 9.98 Å². The van der Waals surface area contributed by atoms with Gasteiger partial charge in [-0.2, -0.15) is 0 Å². The Morgan fingerprint density at radius 1 is 1.07 bits per heavy atom. The molecule has 3 aromatic rings. The third-order valence-electron chi connectivity index (χ3n) is 10.0. The molecule has 1 unspecified atom stereocenters. The zero-order valence-electron chi connectivity index (χ0n) is 24.6. The zero-order valence-corrected chi connectivity index (χ0v) is 24.6. The van der Waals surface area contributed by atoms with E-state index in [4.69, 9.17) is 4.99 Å². The molecule has 2 bridgehead atoms. The van der Waals surface area contributed by atoms with E-state index in [9.17, 15) is 4.79 Å². The minimum atomic E-state index is 0.00370. The summed E-state index contributed by atoms with van der Waals surface area (Å²) >= 11 is 0. The summed E-state index contributed by atoms with van der Waals surface area (Å²) in [6, 6.07) is 17.3. The van der Waals surface area contributed by atoms with Crippen LogP contribution in [0.5, 0.6) is 0 Å². The first-order valence-corrected chi connectivity index (χ1v) is 15.1. The van der Waals surface area contributed by atoms with Crippen molar-refractivity contribution >= 4 is 22.5 Å². The number of anilines is 1. The largest absolute Gasteiger partial charge is 0.340 e. The Kier molecular flexibility index (Phi) is 7.19. The lowest BCUT2D eigenvalue weighted by molar-refractivity contribution is -0.108. The van der Waals surface area contributed by atoms with E-state index in [0.29, 0.717) is 46.9 Å². The molecule has 3 aliphatic carbocycles. The molecule has 7 rings (SSSR count). The average Bonchev–Trinajstić information content (AvgIpc) is 2.93. The molecule has 4 aliphatic rings. The quantitative estimate of drug-likeness (QED) is 0.345. The van der Waals surface area contributed by atoms with Gasteiger partial charge in [-0.1, -0.05) is 51.1 Å². The number of hydrogen-bond acceptors (Lipinski definition) is 4. The minimum Gasteiger partial charge on any atom is -0.340 e. The highest BCUT2D eigenvalue weighted by Crippen LogP contribution is 2.61. The lowest BCUT2D eigenvalue weighted by atomic mass is 9.45. The Morgan fingerprint density at radius 3 is 2.52 bits per heavy atom. The standard InChI is InChI=1S/C33H44N6O/c1-21-18-39(19-22(2)35-21)32(37-29-16-25-15-28(23(29)3)33(25,4)5)36-26-11-12-27-30(17-26)34-20-38(31(27)40)14-13-24-9-7-6-8-10-24/h6-12,17,20-23,25,28-29,35H,13-16,18-19H2,1-5H3,(H,36,37)/t21-,22+,23-,25-,28+,29?/m0/s1. The highest BCUT2D eigenvalue weighted by Gasteiger charge is 2.56. The van der Waals surface area contributed by atoms with Gasteiger partial charge >= 0.3 is 0 Å². The fourth-order valence-electron chi connectivity index (χ4n) is 7.56. The van der Waals surface area contributed by atoms with E-state index in [2.05, 4.69) is 67.3 Å². The first-order chi connectivity index (χ1) is 19.2. The van der Waals surface area contributed by atoms with E-state index in [-0.39, 0.29) is 5.56 Å². The number of nitrogens with zero attached hydrogens (tertiary/aromatic N) is 4. The number of hydrogen-bond donors (Lipinski definition) is 2. The first-order valence-electron chi connectivity index (χ1n) is 15.1. The van der Waals surface area contributed by atoms with Crippen LogP contribution in [0.4, 0.5) is 5.69 Å². The van der Waals surface area contributed by atoms with Gasteiger partial charge in [0.05, 0.1) is 23.3 Å². The Bertz CT molecular complexity index is 1440. The van der Waals surface area contributed by atoms with Crippen LogP contribution in [-0.2, 0) is 13.0 Å². The van der Waals surface area contributed by atoms with Crippen LogP contribution in [0.25, 0.3) is 10.9 Å². The smallest absolute Gasteiger partial charge is 0.261 e. The maximum atomic E-state index is 13.3. The van der Waals surface area contributed by atoms with E-state index < -0.39 is 0 Å². The van der Waals surface area contributed by atoms with Gasteiger partial charge < -0.3 is 15.5 Å². The summed E-state index contributed by atoms with van der Waals surface area (Å²) in [7, 11) is 0. The van der Waals surface area contributed by atoms with Crippen molar-refractivity contribution in [2.45, 2.75) is 78.6 Å². The highest BCUT2D eigenvalue weighted by molar-refractivity contribution is 5.96. The van der Waals surface area contributed by atoms with Gasteiger partial charge in [0, 0.05) is 37.4 Å². The molecule has 0 amide bonds. The molecule has 7 nitrogen and oxygen atoms in total. The van der Waals surface area contributed by atoms with Crippen LogP contribution < -0.4 is 16.2 Å². The molecule has 6 atom stereocenters. The van der Waals surface area contributed by atoms with Crippen molar-refractivity contribution in [3.8, 4) is 0 Å². The molecule has 40 heavy (non-hydrogen) atoms. The van der Waals surface area contributed by atoms with Gasteiger partial charge in [-0.15, -0.1) is 0 Å². The number of benzene rings is 2. The molecule has 1 aromatic heterocycles. The van der Waals surface area contributed by atoms with Crippen molar-refractivity contribution in [3.05, 3.63) is 70.8 Å². The number of aryl methyl sites for hydroxylation is 2.